The van der Waals surface area contributed by atoms with Crippen LogP contribution in [0.4, 0.5) is 0 Å². The zero-order valence-electron chi connectivity index (χ0n) is 15.4. The lowest BCUT2D eigenvalue weighted by molar-refractivity contribution is -0.138. The molecule has 1 N–H and O–H groups in total. The summed E-state index contributed by atoms with van der Waals surface area (Å²) < 4.78 is 0. The van der Waals surface area contributed by atoms with Gasteiger partial charge in [-0.25, -0.2) is 0 Å². The van der Waals surface area contributed by atoms with Crippen LogP contribution < -0.4 is 5.32 Å². The van der Waals surface area contributed by atoms with Crippen LogP contribution in [-0.2, 0) is 16.1 Å². The van der Waals surface area contributed by atoms with E-state index in [4.69, 9.17) is 0 Å². The van der Waals surface area contributed by atoms with Crippen molar-refractivity contribution in [2.24, 2.45) is 11.8 Å². The first-order valence-corrected chi connectivity index (χ1v) is 10.0. The fourth-order valence-corrected chi connectivity index (χ4v) is 4.50. The largest absolute Gasteiger partial charge is 0.351 e. The van der Waals surface area contributed by atoms with Crippen LogP contribution in [0.1, 0.15) is 37.7 Å². The molecule has 0 aromatic heterocycles. The Balaban J connectivity index is 1.31. The number of benzene rings is 1. The normalized spacial score (nSPS) is 26.2. The van der Waals surface area contributed by atoms with E-state index in [1.54, 1.807) is 0 Å². The molecule has 1 aromatic carbocycles. The van der Waals surface area contributed by atoms with Crippen molar-refractivity contribution in [3.63, 3.8) is 0 Å². The summed E-state index contributed by atoms with van der Waals surface area (Å²) in [6.45, 7) is 3.65. The van der Waals surface area contributed by atoms with Crippen LogP contribution in [0.5, 0.6) is 0 Å². The molecule has 3 saturated heterocycles. The Hall–Kier alpha value is -1.88. The molecule has 5 rings (SSSR count). The van der Waals surface area contributed by atoms with E-state index in [9.17, 15) is 9.59 Å². The van der Waals surface area contributed by atoms with Crippen LogP contribution in [0, 0.1) is 11.8 Å². The standard InChI is InChI=1S/C21H29N3O2/c25-20(22-11-16-5-2-1-3-6-16)15-23-12-17-9-10-19(23)14-24(13-17)21(26)18-7-4-8-18/h1-3,5-6,17-19H,4,7-15H2,(H,22,25)/t17-,19-/m0/s1. The van der Waals surface area contributed by atoms with Crippen LogP contribution in [-0.4, -0.2) is 53.8 Å². The van der Waals surface area contributed by atoms with Gasteiger partial charge in [-0.05, 0) is 37.2 Å². The molecule has 2 atom stereocenters. The Kier molecular flexibility index (Phi) is 5.25. The highest BCUT2D eigenvalue weighted by Gasteiger charge is 2.39. The van der Waals surface area contributed by atoms with Crippen molar-refractivity contribution in [1.82, 2.24) is 15.1 Å². The third-order valence-electron chi connectivity index (χ3n) is 6.27. The zero-order valence-corrected chi connectivity index (χ0v) is 15.4. The van der Waals surface area contributed by atoms with Crippen molar-refractivity contribution in [1.29, 1.82) is 0 Å². The summed E-state index contributed by atoms with van der Waals surface area (Å²) in [6.07, 6.45) is 5.61. The SMILES string of the molecule is O=C(CN1C[C@@H]2CC[C@H]1CN(C(=O)C1CCC1)C2)NCc1ccccc1. The van der Waals surface area contributed by atoms with Gasteiger partial charge in [-0.15, -0.1) is 0 Å². The molecule has 0 radical (unpaired) electrons. The maximum atomic E-state index is 12.7. The minimum absolute atomic E-state index is 0.0817. The number of nitrogens with one attached hydrogen (secondary N) is 1. The Morgan fingerprint density at radius 2 is 1.81 bits per heavy atom. The van der Waals surface area contributed by atoms with Crippen molar-refractivity contribution < 1.29 is 9.59 Å². The summed E-state index contributed by atoms with van der Waals surface area (Å²) in [5.41, 5.74) is 1.12. The Morgan fingerprint density at radius 1 is 1.00 bits per heavy atom. The second-order valence-corrected chi connectivity index (χ2v) is 8.16. The van der Waals surface area contributed by atoms with Gasteiger partial charge < -0.3 is 10.2 Å². The zero-order chi connectivity index (χ0) is 17.9. The molecular formula is C21H29N3O2. The second-order valence-electron chi connectivity index (χ2n) is 8.16. The van der Waals surface area contributed by atoms with Crippen LogP contribution in [0.3, 0.4) is 0 Å². The molecule has 0 spiro atoms. The maximum absolute atomic E-state index is 12.7. The Labute approximate surface area is 155 Å². The van der Waals surface area contributed by atoms with Crippen molar-refractivity contribution in [3.8, 4) is 0 Å². The van der Waals surface area contributed by atoms with Crippen LogP contribution >= 0.6 is 0 Å². The Morgan fingerprint density at radius 3 is 2.54 bits per heavy atom. The number of rotatable bonds is 5. The summed E-state index contributed by atoms with van der Waals surface area (Å²) in [5, 5.41) is 3.04. The van der Waals surface area contributed by atoms with E-state index in [-0.39, 0.29) is 11.8 Å². The van der Waals surface area contributed by atoms with Gasteiger partial charge in [-0.2, -0.15) is 0 Å². The molecule has 4 fully saturated rings. The predicted molar refractivity (Wildman–Crippen MR) is 100 cm³/mol. The van der Waals surface area contributed by atoms with Gasteiger partial charge in [0.1, 0.15) is 0 Å². The van der Waals surface area contributed by atoms with Gasteiger partial charge in [0.15, 0.2) is 0 Å². The lowest BCUT2D eigenvalue weighted by atomic mass is 9.84. The molecule has 2 bridgehead atoms. The predicted octanol–water partition coefficient (Wildman–Crippen LogP) is 2.03. The summed E-state index contributed by atoms with van der Waals surface area (Å²) in [5.74, 6) is 1.23. The van der Waals surface area contributed by atoms with E-state index in [0.29, 0.717) is 31.0 Å². The molecule has 0 unspecified atom stereocenters. The first-order valence-electron chi connectivity index (χ1n) is 10.0. The second kappa shape index (κ2) is 7.78. The number of nitrogens with zero attached hydrogens (tertiary/aromatic N) is 2. The molecule has 3 heterocycles. The molecule has 1 aliphatic carbocycles. The quantitative estimate of drug-likeness (QED) is 0.879. The minimum Gasteiger partial charge on any atom is -0.351 e. The highest BCUT2D eigenvalue weighted by atomic mass is 16.2. The van der Waals surface area contributed by atoms with E-state index in [0.717, 1.165) is 44.5 Å². The monoisotopic (exact) mass is 355 g/mol. The minimum atomic E-state index is 0.0817. The Bertz CT molecular complexity index is 644. The average molecular weight is 355 g/mol. The average Bonchev–Trinajstić information content (AvgIpc) is 2.91. The molecule has 4 aliphatic rings. The number of hydrogen-bond donors (Lipinski definition) is 1. The molecule has 3 aliphatic heterocycles. The van der Waals surface area contributed by atoms with Crippen molar-refractivity contribution >= 4 is 11.8 Å². The van der Waals surface area contributed by atoms with Gasteiger partial charge in [0.2, 0.25) is 11.8 Å². The number of hydrogen-bond acceptors (Lipinski definition) is 3. The van der Waals surface area contributed by atoms with E-state index < -0.39 is 0 Å². The molecule has 26 heavy (non-hydrogen) atoms. The lowest BCUT2D eigenvalue weighted by Crippen LogP contribution is -2.49. The fourth-order valence-electron chi connectivity index (χ4n) is 4.50. The molecular weight excluding hydrogens is 326 g/mol. The fraction of sp³-hybridized carbons (Fsp3) is 0.619. The molecule has 5 heteroatoms. The van der Waals surface area contributed by atoms with Crippen molar-refractivity contribution in [2.75, 3.05) is 26.2 Å². The van der Waals surface area contributed by atoms with Crippen LogP contribution in [0.2, 0.25) is 0 Å². The van der Waals surface area contributed by atoms with Gasteiger partial charge >= 0.3 is 0 Å². The van der Waals surface area contributed by atoms with Crippen molar-refractivity contribution in [2.45, 2.75) is 44.7 Å². The van der Waals surface area contributed by atoms with Gasteiger partial charge in [0.25, 0.3) is 0 Å². The summed E-state index contributed by atoms with van der Waals surface area (Å²) in [7, 11) is 0. The molecule has 2 amide bonds. The van der Waals surface area contributed by atoms with Gasteiger partial charge in [-0.3, -0.25) is 14.5 Å². The first-order chi connectivity index (χ1) is 12.7. The van der Waals surface area contributed by atoms with E-state index in [1.165, 1.54) is 12.8 Å². The highest BCUT2D eigenvalue weighted by Crippen LogP contribution is 2.32. The highest BCUT2D eigenvalue weighted by molar-refractivity contribution is 5.80. The number of carbonyl (C=O) groups excluding carboxylic acids is 2. The molecule has 1 saturated carbocycles. The molecule has 140 valence electrons. The van der Waals surface area contributed by atoms with Crippen LogP contribution in [0.25, 0.3) is 0 Å². The number of piperidine rings is 1. The van der Waals surface area contributed by atoms with Gasteiger partial charge in [0.05, 0.1) is 6.54 Å². The summed E-state index contributed by atoms with van der Waals surface area (Å²) in [4.78, 5) is 29.5. The molecule has 1 aromatic rings. The van der Waals surface area contributed by atoms with Gasteiger partial charge in [-0.1, -0.05) is 36.8 Å². The van der Waals surface area contributed by atoms with E-state index >= 15 is 0 Å². The smallest absolute Gasteiger partial charge is 0.234 e. The van der Waals surface area contributed by atoms with Crippen molar-refractivity contribution in [3.05, 3.63) is 35.9 Å². The topological polar surface area (TPSA) is 52.7 Å². The summed E-state index contributed by atoms with van der Waals surface area (Å²) >= 11 is 0. The van der Waals surface area contributed by atoms with Crippen LogP contribution in [0.15, 0.2) is 30.3 Å². The van der Waals surface area contributed by atoms with E-state index in [1.807, 2.05) is 30.3 Å². The van der Waals surface area contributed by atoms with Gasteiger partial charge in [0, 0.05) is 38.1 Å². The lowest BCUT2D eigenvalue weighted by Gasteiger charge is -2.35. The maximum Gasteiger partial charge on any atom is 0.234 e. The number of amides is 2. The molecule has 5 nitrogen and oxygen atoms in total. The number of carbonyl (C=O) groups is 2. The van der Waals surface area contributed by atoms with E-state index in [2.05, 4.69) is 15.1 Å². The third-order valence-corrected chi connectivity index (χ3v) is 6.27. The number of fused-ring (bicyclic) bond motifs is 4. The third kappa shape index (κ3) is 3.93. The summed E-state index contributed by atoms with van der Waals surface area (Å²) in [6, 6.07) is 10.3. The first kappa shape index (κ1) is 17.5.